The van der Waals surface area contributed by atoms with E-state index in [4.69, 9.17) is 0 Å². The number of esters is 1. The predicted molar refractivity (Wildman–Crippen MR) is 71.6 cm³/mol. The van der Waals surface area contributed by atoms with Crippen molar-refractivity contribution in [1.29, 1.82) is 0 Å². The molecule has 0 saturated carbocycles. The van der Waals surface area contributed by atoms with Gasteiger partial charge in [0.05, 0.1) is 13.5 Å². The van der Waals surface area contributed by atoms with Crippen molar-refractivity contribution in [3.63, 3.8) is 0 Å². The number of carbonyl (C=O) groups is 2. The van der Waals surface area contributed by atoms with Gasteiger partial charge >= 0.3 is 5.97 Å². The van der Waals surface area contributed by atoms with Crippen molar-refractivity contribution >= 4 is 22.7 Å². The Morgan fingerprint density at radius 3 is 2.17 bits per heavy atom. The van der Waals surface area contributed by atoms with Gasteiger partial charge < -0.3 is 10.1 Å². The summed E-state index contributed by atoms with van der Waals surface area (Å²) >= 11 is 0. The topological polar surface area (TPSA) is 72.5 Å². The van der Waals surface area contributed by atoms with Crippen molar-refractivity contribution in [2.24, 2.45) is 0 Å². The van der Waals surface area contributed by atoms with Crippen molar-refractivity contribution < 1.29 is 18.5 Å². The number of nitrogens with one attached hydrogen (secondary N) is 1. The second kappa shape index (κ2) is 6.87. The third kappa shape index (κ3) is 6.14. The van der Waals surface area contributed by atoms with Crippen LogP contribution in [-0.2, 0) is 25.1 Å². The van der Waals surface area contributed by atoms with Crippen LogP contribution in [-0.4, -0.2) is 39.2 Å². The molecule has 106 valence electrons. The van der Waals surface area contributed by atoms with Gasteiger partial charge in [0.2, 0.25) is 5.91 Å². The van der Waals surface area contributed by atoms with Gasteiger partial charge in [0.1, 0.15) is 5.25 Å². The van der Waals surface area contributed by atoms with E-state index in [1.54, 1.807) is 13.8 Å². The molecule has 1 amide bonds. The lowest BCUT2D eigenvalue weighted by Crippen LogP contribution is -2.47. The van der Waals surface area contributed by atoms with Crippen molar-refractivity contribution in [1.82, 2.24) is 5.32 Å². The number of carbonyl (C=O) groups excluding carboxylic acids is 2. The number of amides is 1. The number of methoxy groups -OCH3 is 1. The van der Waals surface area contributed by atoms with Gasteiger partial charge in [0.15, 0.2) is 0 Å². The maximum atomic E-state index is 12.1. The third-order valence-electron chi connectivity index (χ3n) is 2.29. The van der Waals surface area contributed by atoms with E-state index < -0.39 is 27.3 Å². The van der Waals surface area contributed by atoms with E-state index in [0.717, 1.165) is 0 Å². The molecule has 1 N–H and O–H groups in total. The van der Waals surface area contributed by atoms with E-state index in [2.05, 4.69) is 10.1 Å². The normalized spacial score (nSPS) is 16.6. The molecule has 0 radical (unpaired) electrons. The predicted octanol–water partition coefficient (Wildman–Crippen LogP) is 0.990. The molecule has 0 rings (SSSR count). The average Bonchev–Trinajstić information content (AvgIpc) is 2.24. The van der Waals surface area contributed by atoms with E-state index >= 15 is 0 Å². The quantitative estimate of drug-likeness (QED) is 0.761. The van der Waals surface area contributed by atoms with Crippen molar-refractivity contribution in [2.75, 3.05) is 7.11 Å². The summed E-state index contributed by atoms with van der Waals surface area (Å²) < 4.78 is 16.6. The van der Waals surface area contributed by atoms with Crippen LogP contribution in [0.25, 0.3) is 0 Å². The molecule has 0 saturated heterocycles. The first-order valence-corrected chi connectivity index (χ1v) is 7.14. The standard InChI is InChI=1S/C12H23NO4S/c1-8(7-10(14)17-6)18(16)9(2)11(15)13-12(3,4)5/h8-9H,7H2,1-6H3,(H,13,15). The molecule has 3 atom stereocenters. The summed E-state index contributed by atoms with van der Waals surface area (Å²) in [7, 11) is -0.124. The van der Waals surface area contributed by atoms with Gasteiger partial charge in [0.25, 0.3) is 0 Å². The van der Waals surface area contributed by atoms with Gasteiger partial charge in [-0.2, -0.15) is 0 Å². The first-order chi connectivity index (χ1) is 8.08. The van der Waals surface area contributed by atoms with Gasteiger partial charge in [-0.05, 0) is 27.7 Å². The zero-order valence-electron chi connectivity index (χ0n) is 11.9. The first-order valence-electron chi connectivity index (χ1n) is 5.86. The van der Waals surface area contributed by atoms with E-state index in [9.17, 15) is 13.8 Å². The fourth-order valence-corrected chi connectivity index (χ4v) is 2.59. The Bertz CT molecular complexity index is 335. The van der Waals surface area contributed by atoms with Crippen molar-refractivity contribution in [2.45, 2.75) is 57.1 Å². The lowest BCUT2D eigenvalue weighted by molar-refractivity contribution is -0.140. The maximum absolute atomic E-state index is 12.1. The van der Waals surface area contributed by atoms with Crippen molar-refractivity contribution in [3.8, 4) is 0 Å². The van der Waals surface area contributed by atoms with Crippen LogP contribution >= 0.6 is 0 Å². The number of ether oxygens (including phenoxy) is 1. The fraction of sp³-hybridized carbons (Fsp3) is 0.833. The van der Waals surface area contributed by atoms with E-state index in [-0.39, 0.29) is 17.9 Å². The number of rotatable bonds is 5. The van der Waals surface area contributed by atoms with Gasteiger partial charge in [-0.3, -0.25) is 13.8 Å². The highest BCUT2D eigenvalue weighted by atomic mass is 32.2. The Morgan fingerprint density at radius 2 is 1.78 bits per heavy atom. The highest BCUT2D eigenvalue weighted by Crippen LogP contribution is 2.10. The Kier molecular flexibility index (Phi) is 6.52. The van der Waals surface area contributed by atoms with E-state index in [1.807, 2.05) is 20.8 Å². The zero-order valence-corrected chi connectivity index (χ0v) is 12.7. The summed E-state index contributed by atoms with van der Waals surface area (Å²) in [4.78, 5) is 22.9. The molecule has 0 aliphatic rings. The summed E-state index contributed by atoms with van der Waals surface area (Å²) in [6.45, 7) is 8.86. The van der Waals surface area contributed by atoms with Gasteiger partial charge in [-0.25, -0.2) is 0 Å². The summed E-state index contributed by atoms with van der Waals surface area (Å²) in [5.41, 5.74) is -0.360. The van der Waals surface area contributed by atoms with Crippen LogP contribution in [0.5, 0.6) is 0 Å². The molecule has 0 heterocycles. The first kappa shape index (κ1) is 17.1. The summed E-state index contributed by atoms with van der Waals surface area (Å²) in [5, 5.41) is 1.72. The molecule has 5 nitrogen and oxygen atoms in total. The van der Waals surface area contributed by atoms with Gasteiger partial charge in [0, 0.05) is 21.6 Å². The minimum Gasteiger partial charge on any atom is -0.469 e. The van der Waals surface area contributed by atoms with Gasteiger partial charge in [-0.15, -0.1) is 0 Å². The molecule has 0 aromatic carbocycles. The van der Waals surface area contributed by atoms with Crippen LogP contribution in [0.2, 0.25) is 0 Å². The molecule has 0 aliphatic carbocycles. The molecule has 0 bridgehead atoms. The Morgan fingerprint density at radius 1 is 1.28 bits per heavy atom. The second-order valence-electron chi connectivity index (χ2n) is 5.30. The second-order valence-corrected chi connectivity index (χ2v) is 7.47. The smallest absolute Gasteiger partial charge is 0.306 e. The Balaban J connectivity index is 4.50. The van der Waals surface area contributed by atoms with Crippen LogP contribution in [0.3, 0.4) is 0 Å². The average molecular weight is 277 g/mol. The molecule has 6 heteroatoms. The number of hydrogen-bond acceptors (Lipinski definition) is 4. The van der Waals surface area contributed by atoms with Crippen LogP contribution in [0.15, 0.2) is 0 Å². The minimum absolute atomic E-state index is 0.0518. The zero-order chi connectivity index (χ0) is 14.5. The fourth-order valence-electron chi connectivity index (χ4n) is 1.33. The van der Waals surface area contributed by atoms with E-state index in [0.29, 0.717) is 0 Å². The lowest BCUT2D eigenvalue weighted by atomic mass is 10.1. The molecular formula is C12H23NO4S. The highest BCUT2D eigenvalue weighted by molar-refractivity contribution is 7.87. The van der Waals surface area contributed by atoms with Crippen LogP contribution < -0.4 is 5.32 Å². The van der Waals surface area contributed by atoms with Gasteiger partial charge in [-0.1, -0.05) is 6.92 Å². The van der Waals surface area contributed by atoms with Crippen LogP contribution in [0.1, 0.15) is 41.0 Å². The minimum atomic E-state index is -1.41. The summed E-state index contributed by atoms with van der Waals surface area (Å²) in [6.07, 6.45) is 0.0518. The highest BCUT2D eigenvalue weighted by Gasteiger charge is 2.28. The monoisotopic (exact) mass is 277 g/mol. The number of hydrogen-bond donors (Lipinski definition) is 1. The molecule has 0 aromatic heterocycles. The van der Waals surface area contributed by atoms with E-state index in [1.165, 1.54) is 7.11 Å². The van der Waals surface area contributed by atoms with Crippen molar-refractivity contribution in [3.05, 3.63) is 0 Å². The molecule has 0 fully saturated rings. The molecule has 0 aromatic rings. The summed E-state index contributed by atoms with van der Waals surface area (Å²) in [6, 6.07) is 0. The molecule has 18 heavy (non-hydrogen) atoms. The Hall–Kier alpha value is -0.910. The SMILES string of the molecule is COC(=O)CC(C)S(=O)C(C)C(=O)NC(C)(C)C. The largest absolute Gasteiger partial charge is 0.469 e. The van der Waals surface area contributed by atoms with Crippen LogP contribution in [0, 0.1) is 0 Å². The Labute approximate surface area is 111 Å². The molecule has 0 spiro atoms. The lowest BCUT2D eigenvalue weighted by Gasteiger charge is -2.24. The van der Waals surface area contributed by atoms with Crippen LogP contribution in [0.4, 0.5) is 0 Å². The maximum Gasteiger partial charge on any atom is 0.306 e. The third-order valence-corrected chi connectivity index (χ3v) is 4.17. The molecular weight excluding hydrogens is 254 g/mol. The molecule has 0 aliphatic heterocycles. The molecule has 3 unspecified atom stereocenters. The summed E-state index contributed by atoms with van der Waals surface area (Å²) in [5.74, 6) is -0.683.